The number of carbonyl (C=O) groups excluding carboxylic acids is 9. The minimum Gasteiger partial charge on any atom is -0.481 e. The molecule has 330 valence electrons. The van der Waals surface area contributed by atoms with Crippen LogP contribution in [0.5, 0.6) is 0 Å². The van der Waals surface area contributed by atoms with Gasteiger partial charge in [-0.05, 0) is 43.9 Å². The van der Waals surface area contributed by atoms with E-state index in [1.54, 1.807) is 34.6 Å². The number of Topliss-reactive ketones (excluding diaryl/α,β-unsaturated/α-hetero) is 1. The molecule has 21 heteroatoms. The van der Waals surface area contributed by atoms with Crippen LogP contribution in [0.25, 0.3) is 0 Å². The van der Waals surface area contributed by atoms with Crippen molar-refractivity contribution in [3.05, 3.63) is 12.7 Å². The van der Waals surface area contributed by atoms with Gasteiger partial charge in [-0.1, -0.05) is 47.1 Å². The molecule has 9 N–H and O–H groups in total. The van der Waals surface area contributed by atoms with Gasteiger partial charge in [-0.3, -0.25) is 52.7 Å². The third-order valence-corrected chi connectivity index (χ3v) is 9.22. The summed E-state index contributed by atoms with van der Waals surface area (Å²) in [6, 6.07) is -7.74. The Morgan fingerprint density at radius 3 is 1.76 bits per heavy atom. The van der Waals surface area contributed by atoms with Gasteiger partial charge in [-0.2, -0.15) is 0 Å². The summed E-state index contributed by atoms with van der Waals surface area (Å²) in [5, 5.41) is 35.4. The number of rotatable bonds is 26. The van der Waals surface area contributed by atoms with E-state index >= 15 is 0 Å². The van der Waals surface area contributed by atoms with Crippen molar-refractivity contribution in [2.45, 2.75) is 129 Å². The molecule has 0 aromatic heterocycles. The maximum absolute atomic E-state index is 14.0. The quantitative estimate of drug-likeness (QED) is 0.0345. The Kier molecular flexibility index (Phi) is 22.1. The van der Waals surface area contributed by atoms with E-state index in [4.69, 9.17) is 5.11 Å². The van der Waals surface area contributed by atoms with Crippen molar-refractivity contribution in [2.24, 2.45) is 11.8 Å². The maximum Gasteiger partial charge on any atom is 0.303 e. The van der Waals surface area contributed by atoms with E-state index in [0.717, 1.165) is 6.92 Å². The van der Waals surface area contributed by atoms with Crippen LogP contribution in [0.2, 0.25) is 0 Å². The monoisotopic (exact) mass is 836 g/mol. The number of amides is 8. The minimum absolute atomic E-state index is 0.0930. The van der Waals surface area contributed by atoms with Crippen molar-refractivity contribution in [2.75, 3.05) is 19.6 Å². The second-order valence-corrected chi connectivity index (χ2v) is 14.8. The highest BCUT2D eigenvalue weighted by atomic mass is 16.4. The molecule has 1 rings (SSSR count). The lowest BCUT2D eigenvalue weighted by molar-refractivity contribution is -0.144. The fourth-order valence-corrected chi connectivity index (χ4v) is 6.10. The number of hydrogen-bond donors (Lipinski definition) is 9. The van der Waals surface area contributed by atoms with Crippen LogP contribution in [0.1, 0.15) is 92.9 Å². The first-order chi connectivity index (χ1) is 27.6. The second-order valence-electron chi connectivity index (χ2n) is 14.8. The third-order valence-electron chi connectivity index (χ3n) is 9.22. The van der Waals surface area contributed by atoms with E-state index < -0.39 is 139 Å². The molecule has 0 spiro atoms. The Balaban J connectivity index is 3.20. The minimum atomic E-state index is -1.53. The predicted molar refractivity (Wildman–Crippen MR) is 210 cm³/mol. The van der Waals surface area contributed by atoms with Crippen molar-refractivity contribution in [3.8, 4) is 0 Å². The molecule has 1 aliphatic heterocycles. The predicted octanol–water partition coefficient (Wildman–Crippen LogP) is -1.75. The highest BCUT2D eigenvalue weighted by Crippen LogP contribution is 2.21. The number of nitrogens with zero attached hydrogens (tertiary/aromatic N) is 1. The summed E-state index contributed by atoms with van der Waals surface area (Å²) < 4.78 is 0. The van der Waals surface area contributed by atoms with E-state index in [9.17, 15) is 57.8 Å². The molecule has 0 bridgehead atoms. The van der Waals surface area contributed by atoms with Crippen molar-refractivity contribution in [1.82, 2.24) is 42.1 Å². The van der Waals surface area contributed by atoms with Gasteiger partial charge in [0, 0.05) is 32.9 Å². The number of carbonyl (C=O) groups is 11. The molecule has 1 fully saturated rings. The lowest BCUT2D eigenvalue weighted by Gasteiger charge is -2.33. The van der Waals surface area contributed by atoms with Crippen LogP contribution in [0.4, 0.5) is 0 Å². The van der Waals surface area contributed by atoms with E-state index in [2.05, 4.69) is 43.8 Å². The summed E-state index contributed by atoms with van der Waals surface area (Å²) in [6.07, 6.45) is 0.707. The SMILES string of the molecule is C=CCNC(=O)CNC(=O)C(=O)[C@H](CCC)NC(=O)[C@@H]1CCCN1C(=O)[C@@H](NC(=O)[C@@H](NC(=O)[C@H](CCC(=O)O)NC(=O)[C@H](CCC(=O)O)NC(C)=O)C(C)C)C(C)C. The molecule has 59 heavy (non-hydrogen) atoms. The Hall–Kier alpha value is -5.89. The summed E-state index contributed by atoms with van der Waals surface area (Å²) in [4.78, 5) is 141. The standard InChI is InChI=1S/C38H60N8O13/c1-8-11-23(32(53)37(58)40-19-27(48)39-17-9-2)42-35(56)26-12-10-18-46(26)38(59)31(21(5)6)45-36(57)30(20(3)4)44-34(55)25(14-16-29(51)52)43-33(54)24(41-22(7)47)13-15-28(49)50/h9,20-21,23-26,30-31H,2,8,10-19H2,1,3-7H3,(H,39,48)(H,40,58)(H,41,47)(H,42,56)(H,43,54)(H,44,55)(H,45,57)(H,49,50)(H,51,52)/t23-,24-,25-,26-,30-,31-/m0/s1. The van der Waals surface area contributed by atoms with Gasteiger partial charge in [-0.25, -0.2) is 0 Å². The largest absolute Gasteiger partial charge is 0.481 e. The van der Waals surface area contributed by atoms with Gasteiger partial charge < -0.3 is 52.3 Å². The number of carboxylic acid groups (broad SMARTS) is 2. The molecule has 0 unspecified atom stereocenters. The maximum atomic E-state index is 14.0. The van der Waals surface area contributed by atoms with Gasteiger partial charge in [0.25, 0.3) is 5.91 Å². The molecule has 0 aromatic carbocycles. The Morgan fingerprint density at radius 2 is 1.25 bits per heavy atom. The molecule has 0 aromatic rings. The Morgan fingerprint density at radius 1 is 0.712 bits per heavy atom. The molecule has 0 saturated carbocycles. The van der Waals surface area contributed by atoms with Crippen molar-refractivity contribution >= 4 is 65.0 Å². The van der Waals surface area contributed by atoms with Crippen LogP contribution in [0.15, 0.2) is 12.7 Å². The van der Waals surface area contributed by atoms with E-state index in [-0.39, 0.29) is 32.4 Å². The third kappa shape index (κ3) is 17.6. The number of ketones is 1. The lowest BCUT2D eigenvalue weighted by atomic mass is 9.98. The highest BCUT2D eigenvalue weighted by Gasteiger charge is 2.41. The fourth-order valence-electron chi connectivity index (χ4n) is 6.10. The summed E-state index contributed by atoms with van der Waals surface area (Å²) in [7, 11) is 0. The zero-order valence-electron chi connectivity index (χ0n) is 34.5. The van der Waals surface area contributed by atoms with E-state index in [1.165, 1.54) is 11.0 Å². The summed E-state index contributed by atoms with van der Waals surface area (Å²) in [5.74, 6) is -11.0. The van der Waals surface area contributed by atoms with Crippen LogP contribution in [-0.2, 0) is 52.7 Å². The highest BCUT2D eigenvalue weighted by molar-refractivity contribution is 6.38. The van der Waals surface area contributed by atoms with E-state index in [1.807, 2.05) is 0 Å². The zero-order valence-corrected chi connectivity index (χ0v) is 34.5. The number of nitrogens with one attached hydrogen (secondary N) is 7. The normalized spacial score (nSPS) is 16.0. The summed E-state index contributed by atoms with van der Waals surface area (Å²) in [6.45, 7) is 12.6. The summed E-state index contributed by atoms with van der Waals surface area (Å²) >= 11 is 0. The number of aliphatic carboxylic acids is 2. The van der Waals surface area contributed by atoms with Crippen LogP contribution in [-0.4, -0.2) is 136 Å². The van der Waals surface area contributed by atoms with Gasteiger partial charge in [0.1, 0.15) is 30.2 Å². The molecule has 6 atom stereocenters. The fraction of sp³-hybridized carbons (Fsp3) is 0.658. The number of carboxylic acids is 2. The Labute approximate surface area is 343 Å². The number of likely N-dealkylation sites (tertiary alicyclic amines) is 1. The second kappa shape index (κ2) is 25.5. The average molecular weight is 837 g/mol. The molecular weight excluding hydrogens is 776 g/mol. The Bertz CT molecular complexity index is 1580. The van der Waals surface area contributed by atoms with Gasteiger partial charge >= 0.3 is 11.9 Å². The van der Waals surface area contributed by atoms with Crippen LogP contribution < -0.4 is 37.2 Å². The van der Waals surface area contributed by atoms with Crippen molar-refractivity contribution in [1.29, 1.82) is 0 Å². The summed E-state index contributed by atoms with van der Waals surface area (Å²) in [5.41, 5.74) is 0. The average Bonchev–Trinajstić information content (AvgIpc) is 3.66. The van der Waals surface area contributed by atoms with Gasteiger partial charge in [-0.15, -0.1) is 6.58 Å². The van der Waals surface area contributed by atoms with Gasteiger partial charge in [0.2, 0.25) is 47.1 Å². The first-order valence-corrected chi connectivity index (χ1v) is 19.6. The molecule has 21 nitrogen and oxygen atoms in total. The molecular formula is C38H60N8O13. The molecule has 0 aliphatic carbocycles. The van der Waals surface area contributed by atoms with Gasteiger partial charge in [0.05, 0.1) is 12.6 Å². The molecule has 8 amide bonds. The van der Waals surface area contributed by atoms with Gasteiger partial charge in [0.15, 0.2) is 0 Å². The molecule has 1 heterocycles. The topological polar surface area (TPSA) is 316 Å². The van der Waals surface area contributed by atoms with Crippen LogP contribution in [0.3, 0.4) is 0 Å². The number of hydrogen-bond acceptors (Lipinski definition) is 11. The zero-order chi connectivity index (χ0) is 45.0. The van der Waals surface area contributed by atoms with Crippen LogP contribution >= 0.6 is 0 Å². The molecule has 0 radical (unpaired) electrons. The first kappa shape index (κ1) is 51.1. The van der Waals surface area contributed by atoms with Crippen molar-refractivity contribution in [3.63, 3.8) is 0 Å². The van der Waals surface area contributed by atoms with Crippen LogP contribution in [0, 0.1) is 11.8 Å². The van der Waals surface area contributed by atoms with E-state index in [0.29, 0.717) is 12.8 Å². The molecule has 1 aliphatic rings. The lowest BCUT2D eigenvalue weighted by Crippen LogP contribution is -2.61. The van der Waals surface area contributed by atoms with Crippen molar-refractivity contribution < 1.29 is 63.0 Å². The molecule has 1 saturated heterocycles. The first-order valence-electron chi connectivity index (χ1n) is 19.6. The smallest absolute Gasteiger partial charge is 0.303 e.